The first kappa shape index (κ1) is 13.5. The summed E-state index contributed by atoms with van der Waals surface area (Å²) < 4.78 is 0. The zero-order valence-electron chi connectivity index (χ0n) is 10.5. The fourth-order valence-corrected chi connectivity index (χ4v) is 2.22. The van der Waals surface area contributed by atoms with Crippen LogP contribution in [0.15, 0.2) is 0 Å². The molecule has 3 N–H and O–H groups in total. The maximum absolute atomic E-state index is 11.5. The maximum atomic E-state index is 11.5. The van der Waals surface area contributed by atoms with Gasteiger partial charge in [-0.05, 0) is 39.2 Å². The molecule has 1 fully saturated rings. The van der Waals surface area contributed by atoms with Gasteiger partial charge in [0.05, 0.1) is 6.54 Å². The average molecular weight is 227 g/mol. The molecule has 0 aromatic heterocycles. The van der Waals surface area contributed by atoms with E-state index in [0.29, 0.717) is 18.6 Å². The van der Waals surface area contributed by atoms with E-state index < -0.39 is 0 Å². The van der Waals surface area contributed by atoms with Crippen molar-refractivity contribution in [2.45, 2.75) is 51.1 Å². The summed E-state index contributed by atoms with van der Waals surface area (Å²) in [4.78, 5) is 13.7. The van der Waals surface area contributed by atoms with E-state index in [-0.39, 0.29) is 5.91 Å². The normalized spacial score (nSPS) is 25.8. The fourth-order valence-electron chi connectivity index (χ4n) is 2.22. The molecule has 1 aliphatic rings. The van der Waals surface area contributed by atoms with Gasteiger partial charge in [-0.2, -0.15) is 0 Å². The number of amides is 1. The number of nitrogens with one attached hydrogen (secondary N) is 1. The van der Waals surface area contributed by atoms with Gasteiger partial charge >= 0.3 is 0 Å². The zero-order valence-corrected chi connectivity index (χ0v) is 10.5. The van der Waals surface area contributed by atoms with Gasteiger partial charge < -0.3 is 11.1 Å². The van der Waals surface area contributed by atoms with Gasteiger partial charge in [0.15, 0.2) is 0 Å². The van der Waals surface area contributed by atoms with Gasteiger partial charge in [0.25, 0.3) is 0 Å². The minimum Gasteiger partial charge on any atom is -0.355 e. The summed E-state index contributed by atoms with van der Waals surface area (Å²) in [5, 5.41) is 2.91. The molecule has 4 nitrogen and oxygen atoms in total. The highest BCUT2D eigenvalue weighted by Gasteiger charge is 2.22. The topological polar surface area (TPSA) is 58.4 Å². The van der Waals surface area contributed by atoms with Crippen LogP contribution >= 0.6 is 0 Å². The molecular weight excluding hydrogens is 202 g/mol. The molecule has 94 valence electrons. The third-order valence-corrected chi connectivity index (χ3v) is 3.33. The van der Waals surface area contributed by atoms with Gasteiger partial charge in [-0.25, -0.2) is 0 Å². The zero-order chi connectivity index (χ0) is 12.0. The van der Waals surface area contributed by atoms with Gasteiger partial charge in [0, 0.05) is 18.6 Å². The van der Waals surface area contributed by atoms with Crippen molar-refractivity contribution in [2.24, 2.45) is 5.73 Å². The van der Waals surface area contributed by atoms with E-state index in [0.717, 1.165) is 38.6 Å². The largest absolute Gasteiger partial charge is 0.355 e. The molecule has 4 heteroatoms. The summed E-state index contributed by atoms with van der Waals surface area (Å²) in [6.45, 7) is 3.36. The summed E-state index contributed by atoms with van der Waals surface area (Å²) in [6.07, 6.45) is 5.42. The minimum absolute atomic E-state index is 0.138. The van der Waals surface area contributed by atoms with Crippen molar-refractivity contribution in [1.29, 1.82) is 0 Å². The second-order valence-corrected chi connectivity index (χ2v) is 4.83. The SMILES string of the molecule is CCCNC(=O)CN(C)C1CCC(N)CC1. The first-order valence-electron chi connectivity index (χ1n) is 6.36. The Bertz CT molecular complexity index is 212. The number of carbonyl (C=O) groups excluding carboxylic acids is 1. The van der Waals surface area contributed by atoms with Crippen molar-refractivity contribution >= 4 is 5.91 Å². The fraction of sp³-hybridized carbons (Fsp3) is 0.917. The Kier molecular flexibility index (Phi) is 5.77. The molecule has 0 radical (unpaired) electrons. The predicted molar refractivity (Wildman–Crippen MR) is 66.2 cm³/mol. The summed E-state index contributed by atoms with van der Waals surface area (Å²) >= 11 is 0. The number of nitrogens with zero attached hydrogens (tertiary/aromatic N) is 1. The van der Waals surface area contributed by atoms with Crippen LogP contribution in [0, 0.1) is 0 Å². The number of hydrogen-bond donors (Lipinski definition) is 2. The van der Waals surface area contributed by atoms with Crippen LogP contribution in [-0.2, 0) is 4.79 Å². The van der Waals surface area contributed by atoms with Crippen molar-refractivity contribution in [2.75, 3.05) is 20.1 Å². The Morgan fingerprint density at radius 1 is 1.38 bits per heavy atom. The van der Waals surface area contributed by atoms with Crippen LogP contribution in [0.4, 0.5) is 0 Å². The third-order valence-electron chi connectivity index (χ3n) is 3.33. The molecule has 0 spiro atoms. The molecular formula is C12H25N3O. The quantitative estimate of drug-likeness (QED) is 0.727. The molecule has 0 saturated heterocycles. The maximum Gasteiger partial charge on any atom is 0.234 e. The molecule has 0 bridgehead atoms. The van der Waals surface area contributed by atoms with Crippen molar-refractivity contribution in [1.82, 2.24) is 10.2 Å². The Balaban J connectivity index is 2.23. The average Bonchev–Trinajstić information content (AvgIpc) is 2.27. The van der Waals surface area contributed by atoms with Gasteiger partial charge in [-0.3, -0.25) is 9.69 Å². The summed E-state index contributed by atoms with van der Waals surface area (Å²) in [6, 6.07) is 0.908. The molecule has 1 aliphatic carbocycles. The Hall–Kier alpha value is -0.610. The molecule has 0 atom stereocenters. The van der Waals surface area contributed by atoms with Gasteiger partial charge in [-0.15, -0.1) is 0 Å². The molecule has 1 amide bonds. The molecule has 0 unspecified atom stereocenters. The van der Waals surface area contributed by atoms with Gasteiger partial charge in [0.2, 0.25) is 5.91 Å². The van der Waals surface area contributed by atoms with Gasteiger partial charge in [0.1, 0.15) is 0 Å². The lowest BCUT2D eigenvalue weighted by Crippen LogP contribution is -2.43. The van der Waals surface area contributed by atoms with E-state index in [9.17, 15) is 4.79 Å². The standard InChI is InChI=1S/C12H25N3O/c1-3-8-14-12(16)9-15(2)11-6-4-10(13)5-7-11/h10-11H,3-9,13H2,1-2H3,(H,14,16). The highest BCUT2D eigenvalue weighted by atomic mass is 16.2. The number of nitrogens with two attached hydrogens (primary N) is 1. The monoisotopic (exact) mass is 227 g/mol. The lowest BCUT2D eigenvalue weighted by molar-refractivity contribution is -0.122. The number of rotatable bonds is 5. The van der Waals surface area contributed by atoms with E-state index >= 15 is 0 Å². The van der Waals surface area contributed by atoms with Crippen LogP contribution in [0.3, 0.4) is 0 Å². The van der Waals surface area contributed by atoms with Crippen molar-refractivity contribution in [3.63, 3.8) is 0 Å². The summed E-state index contributed by atoms with van der Waals surface area (Å²) in [5.41, 5.74) is 5.87. The molecule has 1 rings (SSSR count). The Labute approximate surface area is 98.6 Å². The van der Waals surface area contributed by atoms with E-state index in [2.05, 4.69) is 17.1 Å². The van der Waals surface area contributed by atoms with Crippen molar-refractivity contribution in [3.8, 4) is 0 Å². The van der Waals surface area contributed by atoms with Crippen LogP contribution in [0.1, 0.15) is 39.0 Å². The molecule has 0 aromatic rings. The molecule has 0 aliphatic heterocycles. The van der Waals surface area contributed by atoms with E-state index in [4.69, 9.17) is 5.73 Å². The minimum atomic E-state index is 0.138. The first-order chi connectivity index (χ1) is 7.63. The summed E-state index contributed by atoms with van der Waals surface area (Å²) in [7, 11) is 2.03. The number of likely N-dealkylation sites (N-methyl/N-ethyl adjacent to an activating group) is 1. The second kappa shape index (κ2) is 6.86. The van der Waals surface area contributed by atoms with Crippen LogP contribution in [0.2, 0.25) is 0 Å². The lowest BCUT2D eigenvalue weighted by Gasteiger charge is -2.33. The molecule has 0 heterocycles. The van der Waals surface area contributed by atoms with Crippen molar-refractivity contribution < 1.29 is 4.79 Å². The predicted octanol–water partition coefficient (Wildman–Crippen LogP) is 0.714. The summed E-state index contributed by atoms with van der Waals surface area (Å²) in [5.74, 6) is 0.138. The van der Waals surface area contributed by atoms with Crippen LogP contribution < -0.4 is 11.1 Å². The highest BCUT2D eigenvalue weighted by molar-refractivity contribution is 5.77. The number of carbonyl (C=O) groups is 1. The van der Waals surface area contributed by atoms with Crippen LogP contribution in [-0.4, -0.2) is 43.0 Å². The van der Waals surface area contributed by atoms with E-state index in [1.807, 2.05) is 7.05 Å². The molecule has 0 aromatic carbocycles. The lowest BCUT2D eigenvalue weighted by atomic mass is 9.91. The van der Waals surface area contributed by atoms with E-state index in [1.165, 1.54) is 0 Å². The van der Waals surface area contributed by atoms with Gasteiger partial charge in [-0.1, -0.05) is 6.92 Å². The molecule has 16 heavy (non-hydrogen) atoms. The smallest absolute Gasteiger partial charge is 0.234 e. The number of hydrogen-bond acceptors (Lipinski definition) is 3. The van der Waals surface area contributed by atoms with E-state index in [1.54, 1.807) is 0 Å². The Morgan fingerprint density at radius 2 is 2.00 bits per heavy atom. The van der Waals surface area contributed by atoms with Crippen LogP contribution in [0.5, 0.6) is 0 Å². The third kappa shape index (κ3) is 4.49. The highest BCUT2D eigenvalue weighted by Crippen LogP contribution is 2.20. The van der Waals surface area contributed by atoms with Crippen molar-refractivity contribution in [3.05, 3.63) is 0 Å². The Morgan fingerprint density at radius 3 is 2.56 bits per heavy atom. The van der Waals surface area contributed by atoms with Crippen LogP contribution in [0.25, 0.3) is 0 Å². The first-order valence-corrected chi connectivity index (χ1v) is 6.36. The molecule has 1 saturated carbocycles. The second-order valence-electron chi connectivity index (χ2n) is 4.83.